The maximum Gasteiger partial charge on any atom is 0.142 e. The molecule has 0 amide bonds. The van der Waals surface area contributed by atoms with Gasteiger partial charge in [-0.15, -0.1) is 0 Å². The standard InChI is InChI=1S/C19H16ClF2N3O2S/c1-26-14-4-3-12(17(9-14)27-2)10-25(18-5-6-23-11-24-18)28-19-15(20)7-13(21)8-16(19)22/h3-9,11H,10H2,1-2H3. The van der Waals surface area contributed by atoms with Gasteiger partial charge in [0.25, 0.3) is 0 Å². The summed E-state index contributed by atoms with van der Waals surface area (Å²) in [6.45, 7) is 0.308. The van der Waals surface area contributed by atoms with Crippen LogP contribution in [0, 0.1) is 11.6 Å². The van der Waals surface area contributed by atoms with Crippen LogP contribution < -0.4 is 13.8 Å². The summed E-state index contributed by atoms with van der Waals surface area (Å²) >= 11 is 7.08. The molecule has 0 atom stereocenters. The molecule has 0 aliphatic rings. The third-order valence-corrected chi connectivity index (χ3v) is 5.34. The third-order valence-electron chi connectivity index (χ3n) is 3.79. The molecule has 28 heavy (non-hydrogen) atoms. The molecule has 0 saturated carbocycles. The van der Waals surface area contributed by atoms with Crippen molar-refractivity contribution in [2.45, 2.75) is 11.4 Å². The second-order valence-corrected chi connectivity index (χ2v) is 7.01. The zero-order valence-electron chi connectivity index (χ0n) is 15.0. The third kappa shape index (κ3) is 4.63. The van der Waals surface area contributed by atoms with Crippen LogP contribution in [0.15, 0.2) is 53.8 Å². The van der Waals surface area contributed by atoms with Crippen molar-refractivity contribution in [3.8, 4) is 11.5 Å². The van der Waals surface area contributed by atoms with E-state index in [1.807, 2.05) is 6.07 Å². The predicted octanol–water partition coefficient (Wildman–Crippen LogP) is 5.14. The molecule has 2 aromatic carbocycles. The van der Waals surface area contributed by atoms with E-state index < -0.39 is 11.6 Å². The normalized spacial score (nSPS) is 10.6. The van der Waals surface area contributed by atoms with E-state index in [2.05, 4.69) is 9.97 Å². The highest BCUT2D eigenvalue weighted by molar-refractivity contribution is 8.00. The van der Waals surface area contributed by atoms with Crippen LogP contribution in [0.25, 0.3) is 0 Å². The van der Waals surface area contributed by atoms with Crippen LogP contribution in [-0.4, -0.2) is 24.2 Å². The Hall–Kier alpha value is -2.58. The Balaban J connectivity index is 1.98. The van der Waals surface area contributed by atoms with Crippen molar-refractivity contribution >= 4 is 29.4 Å². The number of rotatable bonds is 7. The molecule has 3 aromatic rings. The molecule has 1 aromatic heterocycles. The molecule has 0 fully saturated rings. The lowest BCUT2D eigenvalue weighted by Crippen LogP contribution is -2.16. The number of benzene rings is 2. The van der Waals surface area contributed by atoms with E-state index in [0.29, 0.717) is 23.9 Å². The SMILES string of the molecule is COc1ccc(CN(Sc2c(F)cc(F)cc2Cl)c2ccncn2)c(OC)c1. The monoisotopic (exact) mass is 423 g/mol. The van der Waals surface area contributed by atoms with Crippen molar-refractivity contribution in [1.82, 2.24) is 9.97 Å². The molecule has 0 radical (unpaired) electrons. The fourth-order valence-electron chi connectivity index (χ4n) is 2.45. The predicted molar refractivity (Wildman–Crippen MR) is 105 cm³/mol. The van der Waals surface area contributed by atoms with E-state index in [4.69, 9.17) is 21.1 Å². The average molecular weight is 424 g/mol. The lowest BCUT2D eigenvalue weighted by atomic mass is 10.2. The minimum atomic E-state index is -0.754. The largest absolute Gasteiger partial charge is 0.497 e. The van der Waals surface area contributed by atoms with Gasteiger partial charge < -0.3 is 9.47 Å². The second-order valence-electron chi connectivity index (χ2n) is 5.57. The maximum atomic E-state index is 14.3. The molecule has 0 unspecified atom stereocenters. The van der Waals surface area contributed by atoms with Crippen molar-refractivity contribution in [3.05, 3.63) is 71.1 Å². The average Bonchev–Trinajstić information content (AvgIpc) is 2.70. The van der Waals surface area contributed by atoms with Crippen LogP contribution in [0.5, 0.6) is 11.5 Å². The topological polar surface area (TPSA) is 47.5 Å². The van der Waals surface area contributed by atoms with Gasteiger partial charge in [0.2, 0.25) is 0 Å². The van der Waals surface area contributed by atoms with Gasteiger partial charge in [0.05, 0.1) is 30.7 Å². The Morgan fingerprint density at radius 1 is 1.11 bits per heavy atom. The van der Waals surface area contributed by atoms with Gasteiger partial charge in [-0.25, -0.2) is 18.7 Å². The Morgan fingerprint density at radius 2 is 1.93 bits per heavy atom. The fourth-order valence-corrected chi connectivity index (χ4v) is 3.67. The number of methoxy groups -OCH3 is 2. The van der Waals surface area contributed by atoms with E-state index in [1.54, 1.807) is 42.9 Å². The molecule has 0 spiro atoms. The highest BCUT2D eigenvalue weighted by atomic mass is 35.5. The number of nitrogens with zero attached hydrogens (tertiary/aromatic N) is 3. The van der Waals surface area contributed by atoms with E-state index in [1.165, 1.54) is 6.33 Å². The Kier molecular flexibility index (Phi) is 6.53. The number of ether oxygens (including phenoxy) is 2. The molecule has 0 N–H and O–H groups in total. The van der Waals surface area contributed by atoms with E-state index >= 15 is 0 Å². The molecular formula is C19H16ClF2N3O2S. The Bertz CT molecular complexity index is 940. The lowest BCUT2D eigenvalue weighted by molar-refractivity contribution is 0.391. The number of aromatic nitrogens is 2. The smallest absolute Gasteiger partial charge is 0.142 e. The van der Waals surface area contributed by atoms with Crippen molar-refractivity contribution in [2.24, 2.45) is 0 Å². The minimum absolute atomic E-state index is 0.0248. The highest BCUT2D eigenvalue weighted by Gasteiger charge is 2.19. The summed E-state index contributed by atoms with van der Waals surface area (Å²) in [5.41, 5.74) is 0.813. The summed E-state index contributed by atoms with van der Waals surface area (Å²) < 4.78 is 40.1. The summed E-state index contributed by atoms with van der Waals surface area (Å²) in [6, 6.07) is 8.93. The zero-order chi connectivity index (χ0) is 20.1. The summed E-state index contributed by atoms with van der Waals surface area (Å²) in [5, 5.41) is -0.0248. The molecule has 9 heteroatoms. The van der Waals surface area contributed by atoms with Crippen molar-refractivity contribution < 1.29 is 18.3 Å². The van der Waals surface area contributed by atoms with Crippen LogP contribution in [0.4, 0.5) is 14.6 Å². The van der Waals surface area contributed by atoms with E-state index in [0.717, 1.165) is 29.6 Å². The van der Waals surface area contributed by atoms with Gasteiger partial charge in [0.15, 0.2) is 0 Å². The van der Waals surface area contributed by atoms with E-state index in [-0.39, 0.29) is 9.92 Å². The molecule has 3 rings (SSSR count). The Morgan fingerprint density at radius 3 is 2.57 bits per heavy atom. The van der Waals surface area contributed by atoms with Gasteiger partial charge in [-0.1, -0.05) is 11.6 Å². The number of halogens is 3. The first-order chi connectivity index (χ1) is 13.5. The first-order valence-electron chi connectivity index (χ1n) is 8.08. The van der Waals surface area contributed by atoms with Gasteiger partial charge in [0.1, 0.15) is 35.3 Å². The summed E-state index contributed by atoms with van der Waals surface area (Å²) in [5.74, 6) is 0.282. The first-order valence-corrected chi connectivity index (χ1v) is 9.24. The van der Waals surface area contributed by atoms with Crippen molar-refractivity contribution in [1.29, 1.82) is 0 Å². The maximum absolute atomic E-state index is 14.3. The lowest BCUT2D eigenvalue weighted by Gasteiger charge is -2.24. The quantitative estimate of drug-likeness (QED) is 0.490. The van der Waals surface area contributed by atoms with Crippen molar-refractivity contribution in [2.75, 3.05) is 18.5 Å². The fraction of sp³-hybridized carbons (Fsp3) is 0.158. The summed E-state index contributed by atoms with van der Waals surface area (Å²) in [7, 11) is 3.12. The summed E-state index contributed by atoms with van der Waals surface area (Å²) in [4.78, 5) is 8.23. The van der Waals surface area contributed by atoms with Gasteiger partial charge in [-0.2, -0.15) is 0 Å². The van der Waals surface area contributed by atoms with E-state index in [9.17, 15) is 8.78 Å². The number of hydrogen-bond donors (Lipinski definition) is 0. The molecule has 1 heterocycles. The molecular weight excluding hydrogens is 408 g/mol. The first kappa shape index (κ1) is 20.2. The van der Waals surface area contributed by atoms with Gasteiger partial charge in [0, 0.05) is 23.9 Å². The van der Waals surface area contributed by atoms with Crippen LogP contribution >= 0.6 is 23.5 Å². The number of anilines is 1. The van der Waals surface area contributed by atoms with Gasteiger partial charge >= 0.3 is 0 Å². The van der Waals surface area contributed by atoms with Crippen LogP contribution in [0.1, 0.15) is 5.56 Å². The molecule has 0 aliphatic heterocycles. The van der Waals surface area contributed by atoms with Crippen LogP contribution in [-0.2, 0) is 6.54 Å². The number of hydrogen-bond acceptors (Lipinski definition) is 6. The van der Waals surface area contributed by atoms with Crippen molar-refractivity contribution in [3.63, 3.8) is 0 Å². The second kappa shape index (κ2) is 9.07. The Labute approximate surface area is 170 Å². The summed E-state index contributed by atoms with van der Waals surface area (Å²) in [6.07, 6.45) is 2.96. The van der Waals surface area contributed by atoms with Gasteiger partial charge in [-0.3, -0.25) is 4.31 Å². The minimum Gasteiger partial charge on any atom is -0.497 e. The molecule has 146 valence electrons. The zero-order valence-corrected chi connectivity index (χ0v) is 16.6. The molecule has 0 saturated heterocycles. The van der Waals surface area contributed by atoms with Crippen LogP contribution in [0.3, 0.4) is 0 Å². The molecule has 0 aliphatic carbocycles. The van der Waals surface area contributed by atoms with Gasteiger partial charge in [-0.05, 0) is 36.2 Å². The molecule has 5 nitrogen and oxygen atoms in total. The van der Waals surface area contributed by atoms with Crippen LogP contribution in [0.2, 0.25) is 5.02 Å². The highest BCUT2D eigenvalue weighted by Crippen LogP contribution is 2.37. The molecule has 0 bridgehead atoms.